The second kappa shape index (κ2) is 21.1. The van der Waals surface area contributed by atoms with Gasteiger partial charge in [0.2, 0.25) is 0 Å². The molecule has 0 saturated carbocycles. The van der Waals surface area contributed by atoms with E-state index in [1.54, 1.807) is 14.2 Å². The van der Waals surface area contributed by atoms with Crippen LogP contribution in [0.4, 0.5) is 0 Å². The number of methoxy groups -OCH3 is 2. The van der Waals surface area contributed by atoms with E-state index in [9.17, 15) is 0 Å². The highest BCUT2D eigenvalue weighted by molar-refractivity contribution is 4.28. The SMILES string of the molecule is CCOCCOCC.COCCOCCOC. The molecule has 0 N–H and O–H groups in total. The molecule has 0 fully saturated rings. The van der Waals surface area contributed by atoms with Gasteiger partial charge in [0.1, 0.15) is 0 Å². The van der Waals surface area contributed by atoms with Gasteiger partial charge in [0.25, 0.3) is 0 Å². The fourth-order valence-corrected chi connectivity index (χ4v) is 0.793. The number of hydrogen-bond donors (Lipinski definition) is 0. The number of hydrogen-bond acceptors (Lipinski definition) is 5. The molecule has 0 amide bonds. The Hall–Kier alpha value is -0.200. The fourth-order valence-electron chi connectivity index (χ4n) is 0.793. The van der Waals surface area contributed by atoms with Crippen LogP contribution in [0, 0.1) is 0 Å². The molecule has 0 aliphatic carbocycles. The largest absolute Gasteiger partial charge is 0.382 e. The average Bonchev–Trinajstić information content (AvgIpc) is 2.36. The Balaban J connectivity index is 0. The molecule has 0 heterocycles. The van der Waals surface area contributed by atoms with Gasteiger partial charge in [-0.05, 0) is 13.8 Å². The van der Waals surface area contributed by atoms with E-state index in [0.29, 0.717) is 26.4 Å². The third kappa shape index (κ3) is 25.8. The van der Waals surface area contributed by atoms with Crippen molar-refractivity contribution in [2.24, 2.45) is 0 Å². The average molecular weight is 252 g/mol. The smallest absolute Gasteiger partial charge is 0.0701 e. The molecule has 5 nitrogen and oxygen atoms in total. The molecule has 0 aliphatic rings. The monoisotopic (exact) mass is 252 g/mol. The van der Waals surface area contributed by atoms with Crippen LogP contribution in [-0.4, -0.2) is 67.1 Å². The minimum Gasteiger partial charge on any atom is -0.382 e. The molecule has 0 aliphatic heterocycles. The van der Waals surface area contributed by atoms with Crippen molar-refractivity contribution in [3.63, 3.8) is 0 Å². The predicted molar refractivity (Wildman–Crippen MR) is 67.6 cm³/mol. The molecule has 0 atom stereocenters. The molecule has 0 aromatic heterocycles. The highest BCUT2D eigenvalue weighted by atomic mass is 16.5. The molecule has 0 unspecified atom stereocenters. The second-order valence-electron chi connectivity index (χ2n) is 2.99. The molecule has 0 rings (SSSR count). The van der Waals surface area contributed by atoms with Gasteiger partial charge >= 0.3 is 0 Å². The minimum absolute atomic E-state index is 0.653. The zero-order chi connectivity index (χ0) is 13.2. The summed E-state index contributed by atoms with van der Waals surface area (Å²) in [5, 5.41) is 0. The fraction of sp³-hybridized carbons (Fsp3) is 1.00. The van der Waals surface area contributed by atoms with E-state index in [2.05, 4.69) is 0 Å². The topological polar surface area (TPSA) is 46.2 Å². The van der Waals surface area contributed by atoms with Crippen molar-refractivity contribution in [1.82, 2.24) is 0 Å². The van der Waals surface area contributed by atoms with Crippen molar-refractivity contribution in [3.8, 4) is 0 Å². The molecule has 0 bridgehead atoms. The lowest BCUT2D eigenvalue weighted by Crippen LogP contribution is -2.06. The van der Waals surface area contributed by atoms with Gasteiger partial charge in [-0.3, -0.25) is 0 Å². The van der Waals surface area contributed by atoms with Gasteiger partial charge in [0.15, 0.2) is 0 Å². The van der Waals surface area contributed by atoms with Gasteiger partial charge < -0.3 is 23.7 Å². The molecular weight excluding hydrogens is 224 g/mol. The minimum atomic E-state index is 0.653. The van der Waals surface area contributed by atoms with Gasteiger partial charge in [0.05, 0.1) is 39.6 Å². The third-order valence-corrected chi connectivity index (χ3v) is 1.64. The van der Waals surface area contributed by atoms with Crippen LogP contribution in [0.25, 0.3) is 0 Å². The molecule has 106 valence electrons. The van der Waals surface area contributed by atoms with E-state index in [4.69, 9.17) is 23.7 Å². The first-order valence-electron chi connectivity index (χ1n) is 6.04. The van der Waals surface area contributed by atoms with Crippen LogP contribution in [-0.2, 0) is 23.7 Å². The lowest BCUT2D eigenvalue weighted by Gasteiger charge is -2.00. The summed E-state index contributed by atoms with van der Waals surface area (Å²) in [6, 6.07) is 0. The standard InChI is InChI=1S/C6H14O3.C6H14O2/c1-7-3-5-9-6-4-8-2;1-3-7-5-6-8-4-2/h3-6H2,1-2H3;3-6H2,1-2H3. The third-order valence-electron chi connectivity index (χ3n) is 1.64. The first-order chi connectivity index (χ1) is 8.33. The quantitative estimate of drug-likeness (QED) is 0.520. The van der Waals surface area contributed by atoms with E-state index in [0.717, 1.165) is 26.4 Å². The first-order valence-corrected chi connectivity index (χ1v) is 6.04. The normalized spacial score (nSPS) is 9.88. The maximum absolute atomic E-state index is 5.06. The summed E-state index contributed by atoms with van der Waals surface area (Å²) in [4.78, 5) is 0. The Morgan fingerprint density at radius 2 is 0.882 bits per heavy atom. The summed E-state index contributed by atoms with van der Waals surface area (Å²) < 4.78 is 24.6. The molecular formula is C12H28O5. The zero-order valence-corrected chi connectivity index (χ0v) is 11.7. The van der Waals surface area contributed by atoms with Gasteiger partial charge in [-0.25, -0.2) is 0 Å². The summed E-state index contributed by atoms with van der Waals surface area (Å²) in [6.45, 7) is 9.60. The lowest BCUT2D eigenvalue weighted by atomic mass is 10.7. The van der Waals surface area contributed by atoms with Crippen molar-refractivity contribution in [2.75, 3.05) is 67.1 Å². The molecule has 0 aromatic rings. The highest BCUT2D eigenvalue weighted by Crippen LogP contribution is 1.76. The van der Waals surface area contributed by atoms with Gasteiger partial charge in [-0.15, -0.1) is 0 Å². The predicted octanol–water partition coefficient (Wildman–Crippen LogP) is 1.36. The molecule has 5 heteroatoms. The van der Waals surface area contributed by atoms with Crippen molar-refractivity contribution in [1.29, 1.82) is 0 Å². The Kier molecular flexibility index (Phi) is 23.8. The maximum Gasteiger partial charge on any atom is 0.0701 e. The molecule has 0 radical (unpaired) electrons. The van der Waals surface area contributed by atoms with Crippen LogP contribution < -0.4 is 0 Å². The van der Waals surface area contributed by atoms with Crippen molar-refractivity contribution >= 4 is 0 Å². The van der Waals surface area contributed by atoms with Gasteiger partial charge in [0, 0.05) is 27.4 Å². The van der Waals surface area contributed by atoms with E-state index >= 15 is 0 Å². The van der Waals surface area contributed by atoms with Crippen molar-refractivity contribution in [3.05, 3.63) is 0 Å². The lowest BCUT2D eigenvalue weighted by molar-refractivity contribution is 0.0385. The van der Waals surface area contributed by atoms with E-state index in [-0.39, 0.29) is 0 Å². The summed E-state index contributed by atoms with van der Waals surface area (Å²) >= 11 is 0. The Morgan fingerprint density at radius 3 is 1.18 bits per heavy atom. The van der Waals surface area contributed by atoms with E-state index in [1.165, 1.54) is 0 Å². The molecule has 0 aromatic carbocycles. The summed E-state index contributed by atoms with van der Waals surface area (Å²) in [6.07, 6.45) is 0. The van der Waals surface area contributed by atoms with Crippen LogP contribution in [0.15, 0.2) is 0 Å². The van der Waals surface area contributed by atoms with Gasteiger partial charge in [-0.2, -0.15) is 0 Å². The maximum atomic E-state index is 5.06. The van der Waals surface area contributed by atoms with Crippen LogP contribution in [0.5, 0.6) is 0 Å². The summed E-state index contributed by atoms with van der Waals surface area (Å²) in [7, 11) is 3.30. The zero-order valence-electron chi connectivity index (χ0n) is 11.7. The summed E-state index contributed by atoms with van der Waals surface area (Å²) in [5.41, 5.74) is 0. The van der Waals surface area contributed by atoms with Crippen LogP contribution in [0.3, 0.4) is 0 Å². The van der Waals surface area contributed by atoms with Crippen LogP contribution >= 0.6 is 0 Å². The van der Waals surface area contributed by atoms with E-state index < -0.39 is 0 Å². The molecule has 17 heavy (non-hydrogen) atoms. The van der Waals surface area contributed by atoms with E-state index in [1.807, 2.05) is 13.8 Å². The Labute approximate surface area is 105 Å². The summed E-state index contributed by atoms with van der Waals surface area (Å²) in [5.74, 6) is 0. The van der Waals surface area contributed by atoms with Crippen molar-refractivity contribution < 1.29 is 23.7 Å². The highest BCUT2D eigenvalue weighted by Gasteiger charge is 1.84. The Bertz CT molecular complexity index is 99.1. The number of rotatable bonds is 11. The van der Waals surface area contributed by atoms with Crippen molar-refractivity contribution in [2.45, 2.75) is 13.8 Å². The molecule has 0 saturated heterocycles. The first kappa shape index (κ1) is 19.1. The molecule has 0 spiro atoms. The number of ether oxygens (including phenoxy) is 5. The van der Waals surface area contributed by atoms with Crippen LogP contribution in [0.1, 0.15) is 13.8 Å². The second-order valence-corrected chi connectivity index (χ2v) is 2.99. The Morgan fingerprint density at radius 1 is 0.529 bits per heavy atom. The van der Waals surface area contributed by atoms with Crippen LogP contribution in [0.2, 0.25) is 0 Å². The van der Waals surface area contributed by atoms with Gasteiger partial charge in [-0.1, -0.05) is 0 Å².